The Labute approximate surface area is 129 Å². The molecular formula is C17H29N3O. The minimum Gasteiger partial charge on any atom is -0.374 e. The van der Waals surface area contributed by atoms with E-state index in [2.05, 4.69) is 74.5 Å². The highest BCUT2D eigenvalue weighted by atomic mass is 16.5. The Hall–Kier alpha value is -1.55. The Morgan fingerprint density at radius 2 is 1.90 bits per heavy atom. The van der Waals surface area contributed by atoms with E-state index in [4.69, 9.17) is 4.74 Å². The van der Waals surface area contributed by atoms with Gasteiger partial charge < -0.3 is 15.4 Å². The van der Waals surface area contributed by atoms with Crippen molar-refractivity contribution in [1.82, 2.24) is 10.6 Å². The van der Waals surface area contributed by atoms with Gasteiger partial charge in [0.25, 0.3) is 0 Å². The van der Waals surface area contributed by atoms with Crippen LogP contribution in [0.4, 0.5) is 0 Å². The number of guanidine groups is 1. The smallest absolute Gasteiger partial charge is 0.191 e. The van der Waals surface area contributed by atoms with Crippen molar-refractivity contribution in [1.29, 1.82) is 0 Å². The van der Waals surface area contributed by atoms with Crippen molar-refractivity contribution in [2.24, 2.45) is 4.99 Å². The summed E-state index contributed by atoms with van der Waals surface area (Å²) in [5.41, 5.74) is 2.39. The summed E-state index contributed by atoms with van der Waals surface area (Å²) in [6, 6.07) is 8.78. The van der Waals surface area contributed by atoms with Crippen LogP contribution in [0.1, 0.15) is 45.7 Å². The molecule has 0 saturated heterocycles. The van der Waals surface area contributed by atoms with Crippen LogP contribution in [0.15, 0.2) is 29.3 Å². The van der Waals surface area contributed by atoms with E-state index in [-0.39, 0.29) is 6.10 Å². The first-order chi connectivity index (χ1) is 10.0. The molecule has 0 aliphatic rings. The maximum atomic E-state index is 5.64. The number of hydrogen-bond acceptors (Lipinski definition) is 2. The lowest BCUT2D eigenvalue weighted by molar-refractivity contribution is 0.0657. The maximum absolute atomic E-state index is 5.64. The first-order valence-corrected chi connectivity index (χ1v) is 7.75. The second kappa shape index (κ2) is 9.40. The predicted molar refractivity (Wildman–Crippen MR) is 89.5 cm³/mol. The van der Waals surface area contributed by atoms with Crippen LogP contribution in [0.3, 0.4) is 0 Å². The number of nitrogens with one attached hydrogen (secondary N) is 2. The fraction of sp³-hybridized carbons (Fsp3) is 0.588. The zero-order valence-corrected chi connectivity index (χ0v) is 13.9. The average molecular weight is 291 g/mol. The van der Waals surface area contributed by atoms with Crippen molar-refractivity contribution in [2.45, 2.75) is 59.9 Å². The van der Waals surface area contributed by atoms with Gasteiger partial charge in [-0.25, -0.2) is 4.99 Å². The number of hydrogen-bond donors (Lipinski definition) is 2. The largest absolute Gasteiger partial charge is 0.374 e. The molecule has 1 aromatic carbocycles. The van der Waals surface area contributed by atoms with E-state index in [1.807, 2.05) is 0 Å². The molecule has 4 heteroatoms. The van der Waals surface area contributed by atoms with Crippen molar-refractivity contribution >= 4 is 5.96 Å². The van der Waals surface area contributed by atoms with Crippen LogP contribution in [0.2, 0.25) is 0 Å². The van der Waals surface area contributed by atoms with Crippen molar-refractivity contribution in [3.63, 3.8) is 0 Å². The summed E-state index contributed by atoms with van der Waals surface area (Å²) in [6.07, 6.45) is 0.252. The number of ether oxygens (including phenoxy) is 1. The summed E-state index contributed by atoms with van der Waals surface area (Å²) in [6.45, 7) is 12.6. The van der Waals surface area contributed by atoms with Gasteiger partial charge >= 0.3 is 0 Å². The predicted octanol–water partition coefficient (Wildman–Crippen LogP) is 3.08. The van der Waals surface area contributed by atoms with E-state index in [9.17, 15) is 0 Å². The Balaban J connectivity index is 2.65. The standard InChI is InChI=1S/C17H29N3O/c1-6-18-17(20-13(2)3)19-11-15-8-7-9-16(10-15)12-21-14(4)5/h7-10,13-14H,6,11-12H2,1-5H3,(H2,18,19,20). The van der Waals surface area contributed by atoms with Crippen molar-refractivity contribution < 1.29 is 4.74 Å². The topological polar surface area (TPSA) is 45.7 Å². The fourth-order valence-electron chi connectivity index (χ4n) is 1.84. The molecule has 0 radical (unpaired) electrons. The Kier molecular flexibility index (Phi) is 7.83. The molecular weight excluding hydrogens is 262 g/mol. The van der Waals surface area contributed by atoms with Gasteiger partial charge in [0.15, 0.2) is 5.96 Å². The van der Waals surface area contributed by atoms with Crippen LogP contribution >= 0.6 is 0 Å². The van der Waals surface area contributed by atoms with Crippen LogP contribution in [0.25, 0.3) is 0 Å². The van der Waals surface area contributed by atoms with Gasteiger partial charge in [-0.05, 0) is 45.7 Å². The van der Waals surface area contributed by atoms with E-state index in [0.29, 0.717) is 19.2 Å². The molecule has 118 valence electrons. The van der Waals surface area contributed by atoms with Crippen LogP contribution in [0, 0.1) is 0 Å². The lowest BCUT2D eigenvalue weighted by Gasteiger charge is -2.14. The molecule has 0 saturated carbocycles. The van der Waals surface area contributed by atoms with Crippen LogP contribution in [0.5, 0.6) is 0 Å². The molecule has 0 bridgehead atoms. The van der Waals surface area contributed by atoms with Gasteiger partial charge in [-0.2, -0.15) is 0 Å². The Morgan fingerprint density at radius 3 is 2.52 bits per heavy atom. The van der Waals surface area contributed by atoms with Crippen LogP contribution in [-0.4, -0.2) is 24.7 Å². The van der Waals surface area contributed by atoms with Gasteiger partial charge in [-0.3, -0.25) is 0 Å². The molecule has 0 heterocycles. The van der Waals surface area contributed by atoms with E-state index >= 15 is 0 Å². The molecule has 21 heavy (non-hydrogen) atoms. The van der Waals surface area contributed by atoms with Crippen LogP contribution < -0.4 is 10.6 Å². The third-order valence-corrected chi connectivity index (χ3v) is 2.76. The zero-order valence-electron chi connectivity index (χ0n) is 13.9. The first-order valence-electron chi connectivity index (χ1n) is 7.75. The highest BCUT2D eigenvalue weighted by Crippen LogP contribution is 2.09. The molecule has 0 aromatic heterocycles. The summed E-state index contributed by atoms with van der Waals surface area (Å²) in [7, 11) is 0. The van der Waals surface area contributed by atoms with Crippen molar-refractivity contribution in [2.75, 3.05) is 6.54 Å². The molecule has 0 aliphatic carbocycles. The average Bonchev–Trinajstić information content (AvgIpc) is 2.43. The molecule has 0 fully saturated rings. The van der Waals surface area contributed by atoms with Gasteiger partial charge in [0, 0.05) is 12.6 Å². The molecule has 2 N–H and O–H groups in total. The van der Waals surface area contributed by atoms with E-state index < -0.39 is 0 Å². The molecule has 0 amide bonds. The highest BCUT2D eigenvalue weighted by Gasteiger charge is 2.01. The molecule has 1 aromatic rings. The first kappa shape index (κ1) is 17.5. The lowest BCUT2D eigenvalue weighted by Crippen LogP contribution is -2.40. The van der Waals surface area contributed by atoms with Crippen LogP contribution in [-0.2, 0) is 17.9 Å². The highest BCUT2D eigenvalue weighted by molar-refractivity contribution is 5.79. The summed E-state index contributed by atoms with van der Waals surface area (Å²) in [4.78, 5) is 4.61. The number of nitrogens with zero attached hydrogens (tertiary/aromatic N) is 1. The quantitative estimate of drug-likeness (QED) is 0.599. The minimum atomic E-state index is 0.252. The van der Waals surface area contributed by atoms with E-state index in [0.717, 1.165) is 12.5 Å². The normalized spacial score (nSPS) is 12.0. The third kappa shape index (κ3) is 7.71. The van der Waals surface area contributed by atoms with E-state index in [1.165, 1.54) is 11.1 Å². The number of benzene rings is 1. The van der Waals surface area contributed by atoms with E-state index in [1.54, 1.807) is 0 Å². The van der Waals surface area contributed by atoms with Gasteiger partial charge in [-0.15, -0.1) is 0 Å². The summed E-state index contributed by atoms with van der Waals surface area (Å²) < 4.78 is 5.64. The van der Waals surface area contributed by atoms with Gasteiger partial charge in [-0.1, -0.05) is 24.3 Å². The Morgan fingerprint density at radius 1 is 1.19 bits per heavy atom. The summed E-state index contributed by atoms with van der Waals surface area (Å²) in [5, 5.41) is 6.57. The monoisotopic (exact) mass is 291 g/mol. The van der Waals surface area contributed by atoms with Crippen molar-refractivity contribution in [3.8, 4) is 0 Å². The molecule has 0 unspecified atom stereocenters. The second-order valence-electron chi connectivity index (χ2n) is 5.67. The maximum Gasteiger partial charge on any atom is 0.191 e. The zero-order chi connectivity index (χ0) is 15.7. The SMILES string of the molecule is CCNC(=NCc1cccc(COC(C)C)c1)NC(C)C. The third-order valence-electron chi connectivity index (χ3n) is 2.76. The summed E-state index contributed by atoms with van der Waals surface area (Å²) >= 11 is 0. The van der Waals surface area contributed by atoms with Gasteiger partial charge in [0.05, 0.1) is 19.3 Å². The van der Waals surface area contributed by atoms with Gasteiger partial charge in [0.2, 0.25) is 0 Å². The molecule has 0 atom stereocenters. The Bertz CT molecular complexity index is 441. The second-order valence-corrected chi connectivity index (χ2v) is 5.67. The molecule has 0 aliphatic heterocycles. The lowest BCUT2D eigenvalue weighted by atomic mass is 10.1. The summed E-state index contributed by atoms with van der Waals surface area (Å²) in [5.74, 6) is 0.858. The van der Waals surface area contributed by atoms with Crippen molar-refractivity contribution in [3.05, 3.63) is 35.4 Å². The van der Waals surface area contributed by atoms with Gasteiger partial charge in [0.1, 0.15) is 0 Å². The molecule has 4 nitrogen and oxygen atoms in total. The molecule has 1 rings (SSSR count). The number of aliphatic imine (C=N–C) groups is 1. The molecule has 0 spiro atoms. The minimum absolute atomic E-state index is 0.252. The fourth-order valence-corrected chi connectivity index (χ4v) is 1.84. The number of rotatable bonds is 7.